The fourth-order valence-electron chi connectivity index (χ4n) is 1.90. The molecule has 0 saturated heterocycles. The number of benzene rings is 2. The molecule has 0 heterocycles. The van der Waals surface area contributed by atoms with Crippen molar-refractivity contribution in [2.45, 2.75) is 13.8 Å². The second-order valence-electron chi connectivity index (χ2n) is 4.60. The quantitative estimate of drug-likeness (QED) is 0.813. The second kappa shape index (κ2) is 5.63. The van der Waals surface area contributed by atoms with Crippen molar-refractivity contribution in [1.29, 1.82) is 0 Å². The summed E-state index contributed by atoms with van der Waals surface area (Å²) in [6, 6.07) is 8.27. The third-order valence-corrected chi connectivity index (χ3v) is 3.57. The average molecular weight is 337 g/mol. The minimum atomic E-state index is -0.526. The Morgan fingerprint density at radius 3 is 2.65 bits per heavy atom. The van der Waals surface area contributed by atoms with E-state index in [1.807, 2.05) is 13.0 Å². The summed E-state index contributed by atoms with van der Waals surface area (Å²) in [5.74, 6) is -1.05. The molecular formula is C15H14BrFN2O. The van der Waals surface area contributed by atoms with E-state index in [1.54, 1.807) is 25.1 Å². The van der Waals surface area contributed by atoms with Crippen molar-refractivity contribution in [3.63, 3.8) is 0 Å². The van der Waals surface area contributed by atoms with Gasteiger partial charge in [-0.15, -0.1) is 0 Å². The van der Waals surface area contributed by atoms with Crippen LogP contribution in [0.1, 0.15) is 21.5 Å². The largest absolute Gasteiger partial charge is 0.397 e. The molecule has 2 aromatic carbocycles. The molecule has 2 rings (SSSR count). The number of hydrogen-bond donors (Lipinski definition) is 2. The van der Waals surface area contributed by atoms with Gasteiger partial charge in [-0.2, -0.15) is 0 Å². The van der Waals surface area contributed by atoms with Crippen LogP contribution in [0, 0.1) is 19.7 Å². The van der Waals surface area contributed by atoms with Crippen LogP contribution in [-0.4, -0.2) is 5.91 Å². The number of aryl methyl sites for hydroxylation is 2. The van der Waals surface area contributed by atoms with Crippen LogP contribution in [0.15, 0.2) is 34.8 Å². The van der Waals surface area contributed by atoms with Crippen molar-refractivity contribution in [2.75, 3.05) is 11.1 Å². The molecule has 3 N–H and O–H groups in total. The van der Waals surface area contributed by atoms with Gasteiger partial charge in [-0.3, -0.25) is 4.79 Å². The summed E-state index contributed by atoms with van der Waals surface area (Å²) in [7, 11) is 0. The molecule has 0 atom stereocenters. The van der Waals surface area contributed by atoms with E-state index in [9.17, 15) is 9.18 Å². The first-order valence-electron chi connectivity index (χ1n) is 6.02. The predicted molar refractivity (Wildman–Crippen MR) is 82.4 cm³/mol. The van der Waals surface area contributed by atoms with Crippen molar-refractivity contribution >= 4 is 33.2 Å². The Hall–Kier alpha value is -1.88. The number of hydrogen-bond acceptors (Lipinski definition) is 2. The Morgan fingerprint density at radius 2 is 2.00 bits per heavy atom. The molecule has 0 unspecified atom stereocenters. The lowest BCUT2D eigenvalue weighted by Crippen LogP contribution is -2.16. The molecule has 2 aromatic rings. The first kappa shape index (κ1) is 14.5. The van der Waals surface area contributed by atoms with Crippen LogP contribution >= 0.6 is 15.9 Å². The molecule has 0 radical (unpaired) electrons. The van der Waals surface area contributed by atoms with Crippen molar-refractivity contribution in [2.24, 2.45) is 0 Å². The molecule has 1 amide bonds. The van der Waals surface area contributed by atoms with E-state index in [0.29, 0.717) is 21.4 Å². The summed E-state index contributed by atoms with van der Waals surface area (Å²) < 4.78 is 14.6. The lowest BCUT2D eigenvalue weighted by molar-refractivity contribution is 0.102. The third kappa shape index (κ3) is 2.82. The lowest BCUT2D eigenvalue weighted by Gasteiger charge is -2.12. The standard InChI is InChI=1S/C15H14BrFN2O/c1-8-6-11(16)14(12(18)7-8)19-15(20)10-5-3-4-9(2)13(10)17/h3-7H,18H2,1-2H3,(H,19,20). The summed E-state index contributed by atoms with van der Waals surface area (Å²) in [5, 5.41) is 2.64. The Morgan fingerprint density at radius 1 is 1.30 bits per heavy atom. The number of nitrogens with one attached hydrogen (secondary N) is 1. The molecule has 0 aliphatic rings. The number of nitrogens with two attached hydrogens (primary N) is 1. The maximum absolute atomic E-state index is 13.9. The number of rotatable bonds is 2. The molecule has 0 aromatic heterocycles. The number of carbonyl (C=O) groups excluding carboxylic acids is 1. The van der Waals surface area contributed by atoms with E-state index in [2.05, 4.69) is 21.2 Å². The van der Waals surface area contributed by atoms with Crippen molar-refractivity contribution in [1.82, 2.24) is 0 Å². The molecule has 0 bridgehead atoms. The minimum Gasteiger partial charge on any atom is -0.397 e. The van der Waals surface area contributed by atoms with Crippen LogP contribution < -0.4 is 11.1 Å². The van der Waals surface area contributed by atoms with E-state index < -0.39 is 11.7 Å². The van der Waals surface area contributed by atoms with Gasteiger partial charge in [0.25, 0.3) is 5.91 Å². The van der Waals surface area contributed by atoms with Crippen LogP contribution in [-0.2, 0) is 0 Å². The first-order valence-corrected chi connectivity index (χ1v) is 6.81. The monoisotopic (exact) mass is 336 g/mol. The van der Waals surface area contributed by atoms with Crippen molar-refractivity contribution in [3.8, 4) is 0 Å². The molecule has 0 fully saturated rings. The van der Waals surface area contributed by atoms with E-state index in [-0.39, 0.29) is 5.56 Å². The molecule has 0 saturated carbocycles. The Kier molecular flexibility index (Phi) is 4.09. The zero-order valence-electron chi connectivity index (χ0n) is 11.1. The fraction of sp³-hybridized carbons (Fsp3) is 0.133. The van der Waals surface area contributed by atoms with Gasteiger partial charge in [-0.25, -0.2) is 4.39 Å². The normalized spacial score (nSPS) is 10.4. The van der Waals surface area contributed by atoms with Crippen LogP contribution in [0.3, 0.4) is 0 Å². The molecule has 0 spiro atoms. The number of halogens is 2. The lowest BCUT2D eigenvalue weighted by atomic mass is 10.1. The van der Waals surface area contributed by atoms with Gasteiger partial charge in [0.05, 0.1) is 16.9 Å². The van der Waals surface area contributed by atoms with Gasteiger partial charge >= 0.3 is 0 Å². The Balaban J connectivity index is 2.36. The van der Waals surface area contributed by atoms with E-state index >= 15 is 0 Å². The van der Waals surface area contributed by atoms with E-state index in [0.717, 1.165) is 5.56 Å². The van der Waals surface area contributed by atoms with Crippen molar-refractivity contribution in [3.05, 3.63) is 57.3 Å². The van der Waals surface area contributed by atoms with E-state index in [1.165, 1.54) is 6.07 Å². The number of carbonyl (C=O) groups is 1. The zero-order chi connectivity index (χ0) is 14.9. The zero-order valence-corrected chi connectivity index (χ0v) is 12.7. The van der Waals surface area contributed by atoms with Gasteiger partial charge in [-0.05, 0) is 59.1 Å². The van der Waals surface area contributed by atoms with Gasteiger partial charge in [0, 0.05) is 4.47 Å². The highest BCUT2D eigenvalue weighted by atomic mass is 79.9. The van der Waals surface area contributed by atoms with Gasteiger partial charge in [0.15, 0.2) is 0 Å². The Labute approximate surface area is 125 Å². The smallest absolute Gasteiger partial charge is 0.258 e. The van der Waals surface area contributed by atoms with E-state index in [4.69, 9.17) is 5.73 Å². The van der Waals surface area contributed by atoms with Crippen LogP contribution in [0.5, 0.6) is 0 Å². The van der Waals surface area contributed by atoms with Gasteiger partial charge in [0.2, 0.25) is 0 Å². The predicted octanol–water partition coefficient (Wildman–Crippen LogP) is 4.04. The van der Waals surface area contributed by atoms with Gasteiger partial charge in [0.1, 0.15) is 5.82 Å². The molecule has 20 heavy (non-hydrogen) atoms. The first-order chi connectivity index (χ1) is 9.40. The summed E-state index contributed by atoms with van der Waals surface area (Å²) >= 11 is 3.34. The summed E-state index contributed by atoms with van der Waals surface area (Å²) in [6.45, 7) is 3.51. The summed E-state index contributed by atoms with van der Waals surface area (Å²) in [4.78, 5) is 12.1. The fourth-order valence-corrected chi connectivity index (χ4v) is 2.59. The minimum absolute atomic E-state index is 0.00289. The molecule has 0 aliphatic carbocycles. The molecule has 104 valence electrons. The number of amides is 1. The van der Waals surface area contributed by atoms with Crippen molar-refractivity contribution < 1.29 is 9.18 Å². The molecule has 3 nitrogen and oxygen atoms in total. The maximum atomic E-state index is 13.9. The molecule has 5 heteroatoms. The van der Waals surface area contributed by atoms with Crippen LogP contribution in [0.4, 0.5) is 15.8 Å². The highest BCUT2D eigenvalue weighted by molar-refractivity contribution is 9.10. The van der Waals surface area contributed by atoms with Gasteiger partial charge < -0.3 is 11.1 Å². The summed E-state index contributed by atoms with van der Waals surface area (Å²) in [5.41, 5.74) is 8.14. The molecular weight excluding hydrogens is 323 g/mol. The van der Waals surface area contributed by atoms with Gasteiger partial charge in [-0.1, -0.05) is 12.1 Å². The van der Waals surface area contributed by atoms with Crippen LogP contribution in [0.25, 0.3) is 0 Å². The number of anilines is 2. The highest BCUT2D eigenvalue weighted by Gasteiger charge is 2.16. The van der Waals surface area contributed by atoms with Crippen LogP contribution in [0.2, 0.25) is 0 Å². The third-order valence-electron chi connectivity index (χ3n) is 2.94. The topological polar surface area (TPSA) is 55.1 Å². The number of nitrogen functional groups attached to an aromatic ring is 1. The highest BCUT2D eigenvalue weighted by Crippen LogP contribution is 2.30. The molecule has 0 aliphatic heterocycles. The second-order valence-corrected chi connectivity index (χ2v) is 5.46. The average Bonchev–Trinajstić information content (AvgIpc) is 2.36. The maximum Gasteiger partial charge on any atom is 0.258 e. The summed E-state index contributed by atoms with van der Waals surface area (Å²) in [6.07, 6.45) is 0. The Bertz CT molecular complexity index is 663. The SMILES string of the molecule is Cc1cc(N)c(NC(=O)c2cccc(C)c2F)c(Br)c1.